The molecular weight excluding hydrogens is 1390 g/mol. The van der Waals surface area contributed by atoms with E-state index in [1.165, 1.54) is 77.0 Å². The van der Waals surface area contributed by atoms with Crippen LogP contribution in [0.1, 0.15) is 200 Å². The molecule has 0 unspecified atom stereocenters. The fraction of sp³-hybridized carbons (Fsp3) is 0.311. The fourth-order valence-corrected chi connectivity index (χ4v) is 15.3. The summed E-state index contributed by atoms with van der Waals surface area (Å²) >= 11 is 7.75. The summed E-state index contributed by atoms with van der Waals surface area (Å²) in [7, 11) is 0. The van der Waals surface area contributed by atoms with Gasteiger partial charge in [0, 0.05) is 71.2 Å². The summed E-state index contributed by atoms with van der Waals surface area (Å²) in [6.07, 6.45) is 6.82. The zero-order chi connectivity index (χ0) is 69.8. The predicted octanol–water partition coefficient (Wildman–Crippen LogP) is 25.6. The Morgan fingerprint density at radius 1 is 0.333 bits per heavy atom. The number of hydrogen-bond donors (Lipinski definition) is 0. The van der Waals surface area contributed by atoms with Gasteiger partial charge in [-0.15, -0.1) is 22.1 Å². The number of hydrogen-bond acceptors (Lipinski definition) is 2. The number of benzene rings is 7. The standard InChI is InChI=1S/C90H92Br2N6.Zn/c1-21-97-78-31-23-51(41-66(78)68-46-62(91)25-33-80(68)97)64-48-76-83(54-37-58(87(9,10)11)44-59(38-54)88(12,13)14)72-29-27-70(93-72)82(53-35-56(85(3,4)5)43-57(36-53)86(6,7)8)71-28-30-73(94-71)84(55-39-60(89(15,16)17)45-61(40-55)90(18,19)20)77-49-65(75(96-77)50-74(64)95-76)52-24-32-79-67(42-52)69-47-63(92)26-34-81(69)98(79)22-2;/h23-50H,21-22H2,1-20H3;/q-2;+2. The van der Waals surface area contributed by atoms with Crippen LogP contribution >= 0.6 is 31.9 Å². The molecule has 7 heterocycles. The second-order valence-electron chi connectivity index (χ2n) is 33.8. The van der Waals surface area contributed by atoms with Crippen LogP contribution in [0, 0.1) is 0 Å². The van der Waals surface area contributed by atoms with Gasteiger partial charge in [0.2, 0.25) is 0 Å². The van der Waals surface area contributed by atoms with Crippen molar-refractivity contribution < 1.29 is 19.5 Å². The molecule has 5 aromatic heterocycles. The average molecular weight is 1480 g/mol. The minimum Gasteiger partial charge on any atom is -0.657 e. The van der Waals surface area contributed by atoms with E-state index < -0.39 is 0 Å². The number of fused-ring (bicyclic) bond motifs is 14. The van der Waals surface area contributed by atoms with Gasteiger partial charge in [-0.2, -0.15) is 0 Å². The minimum absolute atomic E-state index is 0. The van der Waals surface area contributed by atoms with Gasteiger partial charge in [-0.05, 0) is 215 Å². The van der Waals surface area contributed by atoms with Gasteiger partial charge in [0.1, 0.15) is 0 Å². The van der Waals surface area contributed by atoms with Crippen molar-refractivity contribution in [3.63, 3.8) is 0 Å². The Kier molecular flexibility index (Phi) is 17.5. The van der Waals surface area contributed by atoms with E-state index in [1.807, 2.05) is 0 Å². The maximum atomic E-state index is 6.05. The van der Waals surface area contributed by atoms with E-state index in [-0.39, 0.29) is 52.0 Å². The van der Waals surface area contributed by atoms with Gasteiger partial charge in [0.25, 0.3) is 0 Å². The zero-order valence-electron chi connectivity index (χ0n) is 61.7. The van der Waals surface area contributed by atoms with E-state index in [1.54, 1.807) is 0 Å². The molecule has 9 heteroatoms. The van der Waals surface area contributed by atoms with Crippen molar-refractivity contribution in [3.05, 3.63) is 222 Å². The molecule has 0 aliphatic carbocycles. The molecule has 2 aliphatic heterocycles. The van der Waals surface area contributed by atoms with Crippen molar-refractivity contribution in [2.75, 3.05) is 0 Å². The van der Waals surface area contributed by atoms with E-state index in [0.29, 0.717) is 0 Å². The third-order valence-corrected chi connectivity index (χ3v) is 21.4. The summed E-state index contributed by atoms with van der Waals surface area (Å²) in [5, 5.41) is 4.78. The first kappa shape index (κ1) is 69.8. The Labute approximate surface area is 615 Å². The SMILES string of the molecule is CCn1c2ccc(Br)cc2c2cc(C3=Cc4nc3cc3[n-]c(cc3-c3ccc5c(c3)c3cc(Br)ccc3n5CC)c(-c3cc(C(C)(C)C)cc(C(C)(C)C)c3)c3nc(c(-c5cc(C(C)(C)C)cc(C(C)(C)C)c5)c5ccc([n-]5)c4-c4cc(C(C)(C)C)cc(C(C)(C)C)c4)C=C3)ccc21.[Zn+2]. The molecule has 8 bridgehead atoms. The number of aromatic nitrogens is 6. The number of halogens is 2. The van der Waals surface area contributed by atoms with Crippen LogP contribution in [0.2, 0.25) is 0 Å². The monoisotopic (exact) mass is 1480 g/mol. The van der Waals surface area contributed by atoms with Crippen LogP contribution in [0.25, 0.3) is 134 Å². The predicted molar refractivity (Wildman–Crippen MR) is 428 cm³/mol. The van der Waals surface area contributed by atoms with E-state index in [0.717, 1.165) is 123 Å². The molecule has 0 amide bonds. The Morgan fingerprint density at radius 3 is 1.07 bits per heavy atom. The minimum atomic E-state index is -0.170. The van der Waals surface area contributed by atoms with Crippen LogP contribution in [0.4, 0.5) is 0 Å². The van der Waals surface area contributed by atoms with Crippen molar-refractivity contribution >= 4 is 121 Å². The van der Waals surface area contributed by atoms with Gasteiger partial charge in [0.15, 0.2) is 0 Å². The van der Waals surface area contributed by atoms with Crippen LogP contribution in [0.15, 0.2) is 161 Å². The van der Waals surface area contributed by atoms with Crippen molar-refractivity contribution in [3.8, 4) is 44.5 Å². The molecule has 0 fully saturated rings. The molecule has 0 saturated heterocycles. The summed E-state index contributed by atoms with van der Waals surface area (Å²) < 4.78 is 6.95. The first-order chi connectivity index (χ1) is 46.0. The maximum absolute atomic E-state index is 6.05. The zero-order valence-corrected chi connectivity index (χ0v) is 67.9. The molecule has 6 nitrogen and oxygen atoms in total. The quantitative estimate of drug-likeness (QED) is 0.149. The van der Waals surface area contributed by atoms with Crippen LogP contribution in [0.5, 0.6) is 0 Å². The van der Waals surface area contributed by atoms with Crippen LogP contribution in [-0.2, 0) is 65.1 Å². The van der Waals surface area contributed by atoms with E-state index in [9.17, 15) is 0 Å². The summed E-state index contributed by atoms with van der Waals surface area (Å²) in [5.41, 5.74) is 28.3. The Hall–Kier alpha value is -7.68. The Bertz CT molecular complexity index is 5460. The smallest absolute Gasteiger partial charge is 0.657 e. The molecular formula is C90H92Br2N6Zn. The second-order valence-corrected chi connectivity index (χ2v) is 35.6. The van der Waals surface area contributed by atoms with Crippen molar-refractivity contribution in [1.29, 1.82) is 0 Å². The Balaban J connectivity index is 0.00000880. The molecule has 0 saturated carbocycles. The largest absolute Gasteiger partial charge is 2.00 e. The molecule has 0 radical (unpaired) electrons. The summed E-state index contributed by atoms with van der Waals surface area (Å²) in [6, 6.07) is 58.1. The summed E-state index contributed by atoms with van der Waals surface area (Å²) in [4.78, 5) is 24.0. The molecule has 99 heavy (non-hydrogen) atoms. The van der Waals surface area contributed by atoms with Crippen molar-refractivity contribution in [2.24, 2.45) is 0 Å². The van der Waals surface area contributed by atoms with Crippen LogP contribution in [0.3, 0.4) is 0 Å². The van der Waals surface area contributed by atoms with Gasteiger partial charge in [-0.1, -0.05) is 241 Å². The van der Waals surface area contributed by atoms with Crippen LogP contribution < -0.4 is 9.97 Å². The molecule has 498 valence electrons. The summed E-state index contributed by atoms with van der Waals surface area (Å²) in [6.45, 7) is 47.9. The molecule has 12 aromatic rings. The van der Waals surface area contributed by atoms with Gasteiger partial charge >= 0.3 is 19.5 Å². The van der Waals surface area contributed by atoms with Gasteiger partial charge in [-0.3, -0.25) is 0 Å². The average Bonchev–Trinajstić information content (AvgIpc) is 1.62. The fourth-order valence-electron chi connectivity index (χ4n) is 14.6. The van der Waals surface area contributed by atoms with Gasteiger partial charge in [-0.25, -0.2) is 9.97 Å². The van der Waals surface area contributed by atoms with E-state index in [4.69, 9.17) is 19.9 Å². The molecule has 2 aliphatic rings. The number of rotatable bonds is 7. The first-order valence-electron chi connectivity index (χ1n) is 35.1. The second kappa shape index (κ2) is 24.8. The maximum Gasteiger partial charge on any atom is 2.00 e. The molecule has 0 atom stereocenters. The van der Waals surface area contributed by atoms with Gasteiger partial charge < -0.3 is 19.1 Å². The molecule has 7 aromatic carbocycles. The molecule has 0 N–H and O–H groups in total. The third kappa shape index (κ3) is 12.8. The Morgan fingerprint density at radius 2 is 0.677 bits per heavy atom. The van der Waals surface area contributed by atoms with Crippen LogP contribution in [-0.4, -0.2) is 19.1 Å². The number of nitrogens with zero attached hydrogens (tertiary/aromatic N) is 6. The molecule has 14 rings (SSSR count). The first-order valence-corrected chi connectivity index (χ1v) is 36.6. The van der Waals surface area contributed by atoms with E-state index in [2.05, 4.69) is 349 Å². The third-order valence-electron chi connectivity index (χ3n) is 20.5. The normalized spacial score (nSPS) is 13.4. The van der Waals surface area contributed by atoms with Gasteiger partial charge in [0.05, 0.1) is 22.8 Å². The van der Waals surface area contributed by atoms with Crippen molar-refractivity contribution in [2.45, 2.75) is 184 Å². The topological polar surface area (TPSA) is 63.8 Å². The summed E-state index contributed by atoms with van der Waals surface area (Å²) in [5.74, 6) is 0. The van der Waals surface area contributed by atoms with E-state index >= 15 is 0 Å². The number of aryl methyl sites for hydroxylation is 2. The van der Waals surface area contributed by atoms with Crippen molar-refractivity contribution in [1.82, 2.24) is 29.1 Å². The molecule has 0 spiro atoms.